The Morgan fingerprint density at radius 1 is 1.52 bits per heavy atom. The van der Waals surface area contributed by atoms with Crippen LogP contribution in [0.3, 0.4) is 0 Å². The number of nitro benzene ring substituents is 1. The third-order valence-electron chi connectivity index (χ3n) is 2.75. The highest BCUT2D eigenvalue weighted by Gasteiger charge is 2.17. The van der Waals surface area contributed by atoms with E-state index >= 15 is 0 Å². The van der Waals surface area contributed by atoms with Crippen molar-refractivity contribution < 1.29 is 14.5 Å². The maximum absolute atomic E-state index is 12.0. The molecule has 0 atom stereocenters. The molecule has 0 fully saturated rings. The molecule has 0 unspecified atom stereocenters. The van der Waals surface area contributed by atoms with E-state index in [1.165, 1.54) is 30.2 Å². The molecule has 1 aromatic heterocycles. The number of benzene rings is 1. The molecule has 1 N–H and O–H groups in total. The van der Waals surface area contributed by atoms with E-state index in [2.05, 4.69) is 15.5 Å². The quantitative estimate of drug-likeness (QED) is 0.466. The van der Waals surface area contributed by atoms with Crippen molar-refractivity contribution in [2.24, 2.45) is 7.05 Å². The second-order valence-electron chi connectivity index (χ2n) is 4.43. The molecule has 0 aliphatic rings. The number of aromatic nitrogens is 3. The Bertz CT molecular complexity index is 718. The SMILES string of the molecule is CCOc1ccc(NC(=O)CSc2nncn2C)c([N+](=O)[O-])c1. The zero-order chi connectivity index (χ0) is 16.8. The molecule has 0 saturated heterocycles. The molecule has 9 nitrogen and oxygen atoms in total. The number of nitrogens with zero attached hydrogens (tertiary/aromatic N) is 4. The summed E-state index contributed by atoms with van der Waals surface area (Å²) in [5, 5.41) is 21.8. The first-order valence-electron chi connectivity index (χ1n) is 6.69. The summed E-state index contributed by atoms with van der Waals surface area (Å²) in [5.74, 6) is 0.0765. The van der Waals surface area contributed by atoms with Crippen molar-refractivity contribution in [3.05, 3.63) is 34.6 Å². The second kappa shape index (κ2) is 7.58. The van der Waals surface area contributed by atoms with Gasteiger partial charge in [-0.25, -0.2) is 0 Å². The van der Waals surface area contributed by atoms with Gasteiger partial charge >= 0.3 is 0 Å². The molecule has 2 rings (SSSR count). The van der Waals surface area contributed by atoms with E-state index in [0.29, 0.717) is 17.5 Å². The van der Waals surface area contributed by atoms with E-state index in [-0.39, 0.29) is 23.0 Å². The van der Waals surface area contributed by atoms with Gasteiger partial charge in [-0.15, -0.1) is 10.2 Å². The minimum Gasteiger partial charge on any atom is -0.494 e. The summed E-state index contributed by atoms with van der Waals surface area (Å²) in [5.41, 5.74) is -0.0880. The van der Waals surface area contributed by atoms with E-state index in [1.807, 2.05) is 0 Å². The fourth-order valence-corrected chi connectivity index (χ4v) is 2.43. The predicted molar refractivity (Wildman–Crippen MR) is 84.6 cm³/mol. The summed E-state index contributed by atoms with van der Waals surface area (Å²) < 4.78 is 6.90. The van der Waals surface area contributed by atoms with Gasteiger partial charge in [0.25, 0.3) is 5.69 Å². The molecule has 0 spiro atoms. The molecular weight excluding hydrogens is 322 g/mol. The van der Waals surface area contributed by atoms with Gasteiger partial charge in [0.1, 0.15) is 17.8 Å². The van der Waals surface area contributed by atoms with Crippen molar-refractivity contribution in [3.8, 4) is 5.75 Å². The van der Waals surface area contributed by atoms with Gasteiger partial charge in [0.15, 0.2) is 5.16 Å². The van der Waals surface area contributed by atoms with Crippen LogP contribution in [0.2, 0.25) is 0 Å². The topological polar surface area (TPSA) is 112 Å². The fraction of sp³-hybridized carbons (Fsp3) is 0.308. The minimum absolute atomic E-state index is 0.0664. The van der Waals surface area contributed by atoms with E-state index < -0.39 is 4.92 Å². The van der Waals surface area contributed by atoms with Crippen LogP contribution in [0, 0.1) is 10.1 Å². The number of nitrogens with one attached hydrogen (secondary N) is 1. The average Bonchev–Trinajstić information content (AvgIpc) is 2.92. The van der Waals surface area contributed by atoms with Crippen LogP contribution in [0.15, 0.2) is 29.7 Å². The second-order valence-corrected chi connectivity index (χ2v) is 5.37. The molecule has 10 heteroatoms. The largest absolute Gasteiger partial charge is 0.494 e. The summed E-state index contributed by atoms with van der Waals surface area (Å²) in [7, 11) is 1.76. The minimum atomic E-state index is -0.562. The standard InChI is InChI=1S/C13H15N5O4S/c1-3-22-9-4-5-10(11(6-9)18(20)21)15-12(19)7-23-13-16-14-8-17(13)2/h4-6,8H,3,7H2,1-2H3,(H,15,19). The van der Waals surface area contributed by atoms with Crippen molar-refractivity contribution in [3.63, 3.8) is 0 Å². The Kier molecular flexibility index (Phi) is 5.52. The molecule has 0 saturated carbocycles. The third-order valence-corrected chi connectivity index (χ3v) is 3.79. The number of rotatable bonds is 7. The van der Waals surface area contributed by atoms with E-state index in [1.54, 1.807) is 24.6 Å². The first-order chi connectivity index (χ1) is 11.0. The van der Waals surface area contributed by atoms with E-state index in [0.717, 1.165) is 0 Å². The van der Waals surface area contributed by atoms with Gasteiger partial charge in [-0.05, 0) is 19.1 Å². The number of hydrogen-bond acceptors (Lipinski definition) is 7. The lowest BCUT2D eigenvalue weighted by molar-refractivity contribution is -0.384. The summed E-state index contributed by atoms with van der Waals surface area (Å²) in [6.07, 6.45) is 1.53. The van der Waals surface area contributed by atoms with Gasteiger partial charge in [-0.2, -0.15) is 0 Å². The van der Waals surface area contributed by atoms with Gasteiger partial charge in [-0.3, -0.25) is 14.9 Å². The molecular formula is C13H15N5O4S. The zero-order valence-corrected chi connectivity index (χ0v) is 13.4. The highest BCUT2D eigenvalue weighted by atomic mass is 32.2. The van der Waals surface area contributed by atoms with Crippen LogP contribution >= 0.6 is 11.8 Å². The smallest absolute Gasteiger partial charge is 0.296 e. The number of thioether (sulfide) groups is 1. The van der Waals surface area contributed by atoms with Crippen LogP contribution in [0.1, 0.15) is 6.92 Å². The molecule has 1 amide bonds. The number of aryl methyl sites for hydroxylation is 1. The number of carbonyl (C=O) groups excluding carboxylic acids is 1. The lowest BCUT2D eigenvalue weighted by Crippen LogP contribution is -2.15. The molecule has 0 radical (unpaired) electrons. The maximum Gasteiger partial charge on any atom is 0.296 e. The molecule has 1 heterocycles. The van der Waals surface area contributed by atoms with E-state index in [4.69, 9.17) is 4.74 Å². The van der Waals surface area contributed by atoms with Crippen LogP contribution in [0.25, 0.3) is 0 Å². The summed E-state index contributed by atoms with van der Waals surface area (Å²) in [6.45, 7) is 2.18. The van der Waals surface area contributed by atoms with Crippen LogP contribution in [0.5, 0.6) is 5.75 Å². The Hall–Kier alpha value is -2.62. The number of ether oxygens (including phenoxy) is 1. The van der Waals surface area contributed by atoms with Crippen molar-refractivity contribution in [1.82, 2.24) is 14.8 Å². The van der Waals surface area contributed by atoms with Gasteiger partial charge in [0.05, 0.1) is 23.3 Å². The third kappa shape index (κ3) is 4.42. The highest BCUT2D eigenvalue weighted by molar-refractivity contribution is 7.99. The number of nitro groups is 1. The maximum atomic E-state index is 12.0. The average molecular weight is 337 g/mol. The Balaban J connectivity index is 2.05. The zero-order valence-electron chi connectivity index (χ0n) is 12.6. The number of amides is 1. The molecule has 0 bridgehead atoms. The summed E-state index contributed by atoms with van der Waals surface area (Å²) >= 11 is 1.19. The van der Waals surface area contributed by atoms with Crippen molar-refractivity contribution in [2.45, 2.75) is 12.1 Å². The lowest BCUT2D eigenvalue weighted by atomic mass is 10.2. The van der Waals surface area contributed by atoms with Crippen molar-refractivity contribution in [2.75, 3.05) is 17.7 Å². The van der Waals surface area contributed by atoms with Crippen LogP contribution in [-0.2, 0) is 11.8 Å². The number of carbonyl (C=O) groups is 1. The molecule has 2 aromatic rings. The van der Waals surface area contributed by atoms with Crippen LogP contribution in [-0.4, -0.2) is 38.0 Å². The molecule has 0 aliphatic carbocycles. The molecule has 0 aliphatic heterocycles. The lowest BCUT2D eigenvalue weighted by Gasteiger charge is -2.08. The van der Waals surface area contributed by atoms with E-state index in [9.17, 15) is 14.9 Å². The normalized spacial score (nSPS) is 10.3. The van der Waals surface area contributed by atoms with Crippen molar-refractivity contribution in [1.29, 1.82) is 0 Å². The Morgan fingerprint density at radius 3 is 2.91 bits per heavy atom. The van der Waals surface area contributed by atoms with Crippen LogP contribution < -0.4 is 10.1 Å². The first kappa shape index (κ1) is 16.7. The summed E-state index contributed by atoms with van der Waals surface area (Å²) in [6, 6.07) is 4.31. The first-order valence-corrected chi connectivity index (χ1v) is 7.67. The number of anilines is 1. The highest BCUT2D eigenvalue weighted by Crippen LogP contribution is 2.29. The van der Waals surface area contributed by atoms with Gasteiger partial charge in [0.2, 0.25) is 5.91 Å². The monoisotopic (exact) mass is 337 g/mol. The van der Waals surface area contributed by atoms with Crippen LogP contribution in [0.4, 0.5) is 11.4 Å². The fourth-order valence-electron chi connectivity index (χ4n) is 1.74. The van der Waals surface area contributed by atoms with Gasteiger partial charge in [-0.1, -0.05) is 11.8 Å². The van der Waals surface area contributed by atoms with Crippen molar-refractivity contribution >= 4 is 29.0 Å². The van der Waals surface area contributed by atoms with Gasteiger partial charge < -0.3 is 14.6 Å². The molecule has 122 valence electrons. The Morgan fingerprint density at radius 2 is 2.30 bits per heavy atom. The molecule has 23 heavy (non-hydrogen) atoms. The predicted octanol–water partition coefficient (Wildman–Crippen LogP) is 1.85. The summed E-state index contributed by atoms with van der Waals surface area (Å²) in [4.78, 5) is 22.5. The number of hydrogen-bond donors (Lipinski definition) is 1. The Labute approximate surface area is 136 Å². The molecule has 1 aromatic carbocycles. The van der Waals surface area contributed by atoms with Gasteiger partial charge in [0, 0.05) is 7.05 Å².